The predicted molar refractivity (Wildman–Crippen MR) is 79.7 cm³/mol. The number of nitrogens with zero attached hydrogens (tertiary/aromatic N) is 1. The number of allylic oxidation sites excluding steroid dienone is 3. The predicted octanol–water partition coefficient (Wildman–Crippen LogP) is 3.36. The molecule has 1 aliphatic heterocycles. The number of hydrogen-bond acceptors (Lipinski definition) is 2. The Morgan fingerprint density at radius 1 is 1.33 bits per heavy atom. The number of rotatable bonds is 1. The van der Waals surface area contributed by atoms with Crippen LogP contribution in [-0.4, -0.2) is 35.1 Å². The maximum Gasteiger partial charge on any atom is 0.392 e. The van der Waals surface area contributed by atoms with Crippen molar-refractivity contribution in [1.82, 2.24) is 4.90 Å². The zero-order valence-corrected chi connectivity index (χ0v) is 13.6. The Labute approximate surface area is 138 Å². The molecular formula is C17H20F3NO3. The maximum atomic E-state index is 13.3. The zero-order chi connectivity index (χ0) is 17.9. The molecule has 2 aliphatic carbocycles. The number of fused-ring (bicyclic) bond motifs is 3. The fraction of sp³-hybridized carbons (Fsp3) is 0.647. The van der Waals surface area contributed by atoms with Gasteiger partial charge in [0.15, 0.2) is 0 Å². The Morgan fingerprint density at radius 2 is 2.00 bits per heavy atom. The third kappa shape index (κ3) is 2.36. The minimum atomic E-state index is -4.53. The topological polar surface area (TPSA) is 57.6 Å². The van der Waals surface area contributed by atoms with Crippen molar-refractivity contribution in [2.45, 2.75) is 38.8 Å². The van der Waals surface area contributed by atoms with Gasteiger partial charge < -0.3 is 10.0 Å². The second-order valence-corrected chi connectivity index (χ2v) is 7.12. The van der Waals surface area contributed by atoms with Crippen LogP contribution in [0.2, 0.25) is 0 Å². The van der Waals surface area contributed by atoms with Gasteiger partial charge in [0.25, 0.3) is 0 Å². The summed E-state index contributed by atoms with van der Waals surface area (Å²) in [5, 5.41) is 9.47. The first kappa shape index (κ1) is 17.0. The van der Waals surface area contributed by atoms with Crippen molar-refractivity contribution < 1.29 is 27.9 Å². The fourth-order valence-corrected chi connectivity index (χ4v) is 4.67. The molecule has 3 aliphatic rings. The number of amides is 1. The second kappa shape index (κ2) is 5.36. The number of likely N-dealkylation sites (tertiary alicyclic amines) is 1. The van der Waals surface area contributed by atoms with Crippen LogP contribution in [0.1, 0.15) is 32.6 Å². The van der Waals surface area contributed by atoms with Gasteiger partial charge >= 0.3 is 12.1 Å². The standard InChI is InChI=1S/C17H20F3NO3/c1-16-8-7-13(22)21(2)12(16)6-3-9-10(16)4-5-11(17(18,19)20)14(9)15(23)24/h4,6,9,11,14H,3,5,7-8H2,1-2H3,(H,23,24)/t9-,11?,14?,16-/m1/s1. The summed E-state index contributed by atoms with van der Waals surface area (Å²) >= 11 is 0. The summed E-state index contributed by atoms with van der Waals surface area (Å²) in [5.41, 5.74) is 0.985. The molecule has 1 fully saturated rings. The molecule has 1 saturated heterocycles. The highest BCUT2D eigenvalue weighted by Crippen LogP contribution is 2.57. The van der Waals surface area contributed by atoms with E-state index in [4.69, 9.17) is 0 Å². The van der Waals surface area contributed by atoms with Gasteiger partial charge in [-0.25, -0.2) is 0 Å². The molecule has 1 heterocycles. The molecule has 24 heavy (non-hydrogen) atoms. The number of carbonyl (C=O) groups excluding carboxylic acids is 1. The third-order valence-electron chi connectivity index (χ3n) is 5.91. The van der Waals surface area contributed by atoms with Gasteiger partial charge in [-0.1, -0.05) is 24.6 Å². The van der Waals surface area contributed by atoms with Crippen LogP contribution >= 0.6 is 0 Å². The number of carbonyl (C=O) groups is 2. The van der Waals surface area contributed by atoms with Gasteiger partial charge in [-0.3, -0.25) is 9.59 Å². The zero-order valence-electron chi connectivity index (χ0n) is 13.6. The van der Waals surface area contributed by atoms with E-state index in [1.807, 2.05) is 6.92 Å². The lowest BCUT2D eigenvalue weighted by molar-refractivity contribution is -0.202. The summed E-state index contributed by atoms with van der Waals surface area (Å²) in [6, 6.07) is 0. The third-order valence-corrected chi connectivity index (χ3v) is 5.91. The van der Waals surface area contributed by atoms with Crippen LogP contribution in [-0.2, 0) is 9.59 Å². The van der Waals surface area contributed by atoms with Crippen LogP contribution in [0, 0.1) is 23.2 Å². The minimum Gasteiger partial charge on any atom is -0.481 e. The van der Waals surface area contributed by atoms with Crippen molar-refractivity contribution in [2.75, 3.05) is 7.05 Å². The average Bonchev–Trinajstić information content (AvgIpc) is 2.49. The van der Waals surface area contributed by atoms with Gasteiger partial charge in [0.05, 0.1) is 11.8 Å². The number of carboxylic acid groups (broad SMARTS) is 1. The lowest BCUT2D eigenvalue weighted by Gasteiger charge is -2.51. The first-order chi connectivity index (χ1) is 11.1. The van der Waals surface area contributed by atoms with E-state index in [1.165, 1.54) is 0 Å². The van der Waals surface area contributed by atoms with E-state index in [0.29, 0.717) is 12.8 Å². The summed E-state index contributed by atoms with van der Waals surface area (Å²) in [5.74, 6) is -5.41. The highest BCUT2D eigenvalue weighted by atomic mass is 19.4. The van der Waals surface area contributed by atoms with Crippen molar-refractivity contribution >= 4 is 11.9 Å². The summed E-state index contributed by atoms with van der Waals surface area (Å²) in [4.78, 5) is 25.1. The molecule has 132 valence electrons. The van der Waals surface area contributed by atoms with Gasteiger partial charge in [0.2, 0.25) is 5.91 Å². The van der Waals surface area contributed by atoms with E-state index < -0.39 is 35.3 Å². The van der Waals surface area contributed by atoms with E-state index in [-0.39, 0.29) is 18.7 Å². The van der Waals surface area contributed by atoms with Crippen LogP contribution in [0.4, 0.5) is 13.2 Å². The monoisotopic (exact) mass is 343 g/mol. The van der Waals surface area contributed by atoms with Crippen molar-refractivity contribution in [1.29, 1.82) is 0 Å². The molecule has 1 N–H and O–H groups in total. The molecule has 0 spiro atoms. The smallest absolute Gasteiger partial charge is 0.392 e. The number of aliphatic carboxylic acids is 1. The highest BCUT2D eigenvalue weighted by Gasteiger charge is 2.56. The van der Waals surface area contributed by atoms with Crippen molar-refractivity contribution in [3.8, 4) is 0 Å². The quantitative estimate of drug-likeness (QED) is 0.743. The Morgan fingerprint density at radius 3 is 2.58 bits per heavy atom. The van der Waals surface area contributed by atoms with Gasteiger partial charge in [-0.2, -0.15) is 13.2 Å². The van der Waals surface area contributed by atoms with Crippen LogP contribution in [0.25, 0.3) is 0 Å². The molecule has 0 aromatic heterocycles. The van der Waals surface area contributed by atoms with E-state index >= 15 is 0 Å². The average molecular weight is 343 g/mol. The summed E-state index contributed by atoms with van der Waals surface area (Å²) in [6.45, 7) is 1.91. The maximum absolute atomic E-state index is 13.3. The van der Waals surface area contributed by atoms with Gasteiger partial charge in [0, 0.05) is 24.6 Å². The molecule has 0 bridgehead atoms. The largest absolute Gasteiger partial charge is 0.481 e. The molecule has 7 heteroatoms. The number of piperidine rings is 1. The summed E-state index contributed by atoms with van der Waals surface area (Å²) < 4.78 is 39.9. The Balaban J connectivity index is 2.06. The number of hydrogen-bond donors (Lipinski definition) is 1. The number of halogens is 3. The van der Waals surface area contributed by atoms with Gasteiger partial charge in [-0.05, 0) is 25.2 Å². The van der Waals surface area contributed by atoms with Crippen molar-refractivity contribution in [3.63, 3.8) is 0 Å². The highest BCUT2D eigenvalue weighted by molar-refractivity contribution is 5.80. The number of alkyl halides is 3. The van der Waals surface area contributed by atoms with Crippen molar-refractivity contribution in [2.24, 2.45) is 23.2 Å². The lowest BCUT2D eigenvalue weighted by Crippen LogP contribution is -2.50. The molecular weight excluding hydrogens is 323 g/mol. The molecule has 0 saturated carbocycles. The van der Waals surface area contributed by atoms with Gasteiger partial charge in [-0.15, -0.1) is 0 Å². The first-order valence-electron chi connectivity index (χ1n) is 8.04. The van der Waals surface area contributed by atoms with Crippen LogP contribution < -0.4 is 0 Å². The normalized spacial score (nSPS) is 36.5. The molecule has 3 rings (SSSR count). The van der Waals surface area contributed by atoms with E-state index in [9.17, 15) is 27.9 Å². The number of carboxylic acids is 1. The summed E-state index contributed by atoms with van der Waals surface area (Å²) in [7, 11) is 1.67. The summed E-state index contributed by atoms with van der Waals surface area (Å²) in [6.07, 6.45) is -0.463. The second-order valence-electron chi connectivity index (χ2n) is 7.12. The molecule has 0 aromatic carbocycles. The van der Waals surface area contributed by atoms with E-state index in [1.54, 1.807) is 24.1 Å². The lowest BCUT2D eigenvalue weighted by atomic mass is 9.57. The Kier molecular flexibility index (Phi) is 3.81. The fourth-order valence-electron chi connectivity index (χ4n) is 4.67. The molecule has 2 unspecified atom stereocenters. The molecule has 1 amide bonds. The van der Waals surface area contributed by atoms with Gasteiger partial charge in [0.1, 0.15) is 0 Å². The molecule has 4 nitrogen and oxygen atoms in total. The Hall–Kier alpha value is -1.79. The minimum absolute atomic E-state index is 0.0171. The van der Waals surface area contributed by atoms with Crippen molar-refractivity contribution in [3.05, 3.63) is 23.4 Å². The van der Waals surface area contributed by atoms with Crippen LogP contribution in [0.5, 0.6) is 0 Å². The van der Waals surface area contributed by atoms with E-state index in [0.717, 1.165) is 11.3 Å². The van der Waals surface area contributed by atoms with E-state index in [2.05, 4.69) is 0 Å². The van der Waals surface area contributed by atoms with Crippen LogP contribution in [0.15, 0.2) is 23.4 Å². The molecule has 4 atom stereocenters. The molecule has 0 radical (unpaired) electrons. The SMILES string of the molecule is CN1C(=O)CC[C@]2(C)C3=CCC(C(F)(F)F)C(C(=O)O)[C@@H]3CC=C12. The van der Waals surface area contributed by atoms with Crippen LogP contribution in [0.3, 0.4) is 0 Å². The Bertz CT molecular complexity index is 652. The molecule has 0 aromatic rings. The first-order valence-corrected chi connectivity index (χ1v) is 8.04.